The number of aliphatic carboxylic acids is 4. The summed E-state index contributed by atoms with van der Waals surface area (Å²) in [6.07, 6.45) is 0.222. The summed E-state index contributed by atoms with van der Waals surface area (Å²) in [5, 5.41) is 36.3. The molecule has 0 saturated carbocycles. The molecule has 0 heterocycles. The molecule has 0 saturated heterocycles. The van der Waals surface area contributed by atoms with Gasteiger partial charge in [-0.25, -0.2) is 0 Å². The summed E-state index contributed by atoms with van der Waals surface area (Å²) in [5.41, 5.74) is 0. The van der Waals surface area contributed by atoms with Crippen molar-refractivity contribution in [3.8, 4) is 0 Å². The molecule has 0 aromatic carbocycles. The molecule has 0 atom stereocenters. The molecular formula is C10H16FeO8Zn. The standard InChI is InChI=1S/2C3H6O2.2C2H4O2.Fe.Zn/c2*1-2-3(4)5;2*1-2(3)4;;/h2*2H2,1H3,(H,4,5);2*1H3,(H,3,4);;/q;;;;2*+2/p-4. The molecule has 0 fully saturated rings. The Morgan fingerprint density at radius 1 is 0.700 bits per heavy atom. The van der Waals surface area contributed by atoms with Gasteiger partial charge in [-0.3, -0.25) is 0 Å². The van der Waals surface area contributed by atoms with E-state index < -0.39 is 23.9 Å². The van der Waals surface area contributed by atoms with Gasteiger partial charge in [-0.15, -0.1) is 0 Å². The average molecular weight is 385 g/mol. The normalized spacial score (nSPS) is 6.20. The van der Waals surface area contributed by atoms with Crippen molar-refractivity contribution in [3.05, 3.63) is 0 Å². The predicted octanol–water partition coefficient (Wildman–Crippen LogP) is -4.20. The van der Waals surface area contributed by atoms with Crippen LogP contribution in [0, 0.1) is 0 Å². The number of carbonyl (C=O) groups is 4. The van der Waals surface area contributed by atoms with Gasteiger partial charge in [-0.2, -0.15) is 0 Å². The maximum Gasteiger partial charge on any atom is 2.00 e. The molecule has 0 radical (unpaired) electrons. The quantitative estimate of drug-likeness (QED) is 0.432. The first kappa shape index (κ1) is 36.4. The Kier molecular flexibility index (Phi) is 56.1. The van der Waals surface area contributed by atoms with Crippen molar-refractivity contribution >= 4 is 23.9 Å². The van der Waals surface area contributed by atoms with E-state index in [0.717, 1.165) is 13.8 Å². The molecule has 20 heavy (non-hydrogen) atoms. The molecule has 114 valence electrons. The van der Waals surface area contributed by atoms with Crippen LogP contribution >= 0.6 is 0 Å². The van der Waals surface area contributed by atoms with Crippen LogP contribution in [0.4, 0.5) is 0 Å². The fourth-order valence-corrected chi connectivity index (χ4v) is 0. The van der Waals surface area contributed by atoms with Crippen molar-refractivity contribution in [3.63, 3.8) is 0 Å². The summed E-state index contributed by atoms with van der Waals surface area (Å²) in [4.78, 5) is 36.3. The number of hydrogen-bond acceptors (Lipinski definition) is 8. The molecule has 0 bridgehead atoms. The van der Waals surface area contributed by atoms with Crippen LogP contribution in [0.5, 0.6) is 0 Å². The van der Waals surface area contributed by atoms with E-state index in [1.165, 1.54) is 13.8 Å². The zero-order valence-corrected chi connectivity index (χ0v) is 15.8. The third-order valence-electron chi connectivity index (χ3n) is 0.577. The minimum Gasteiger partial charge on any atom is -0.550 e. The summed E-state index contributed by atoms with van der Waals surface area (Å²) in [6.45, 7) is 5.02. The van der Waals surface area contributed by atoms with Gasteiger partial charge in [-0.1, -0.05) is 13.8 Å². The maximum atomic E-state index is 9.26. The van der Waals surface area contributed by atoms with E-state index in [9.17, 15) is 19.8 Å². The molecule has 0 spiro atoms. The monoisotopic (exact) mass is 384 g/mol. The zero-order valence-electron chi connectivity index (χ0n) is 11.7. The third-order valence-corrected chi connectivity index (χ3v) is 0.577. The van der Waals surface area contributed by atoms with Crippen molar-refractivity contribution in [2.24, 2.45) is 0 Å². The van der Waals surface area contributed by atoms with E-state index >= 15 is 0 Å². The summed E-state index contributed by atoms with van der Waals surface area (Å²) in [5.74, 6) is -4.16. The van der Waals surface area contributed by atoms with Crippen LogP contribution in [0.1, 0.15) is 40.5 Å². The molecule has 8 nitrogen and oxygen atoms in total. The SMILES string of the molecule is CC(=O)[O-].CC(=O)[O-].CCC(=O)[O-].CCC(=O)[O-].[Fe+2].[Zn+2]. The minimum absolute atomic E-state index is 0. The molecule has 0 aliphatic heterocycles. The topological polar surface area (TPSA) is 161 Å². The van der Waals surface area contributed by atoms with Gasteiger partial charge in [0.1, 0.15) is 0 Å². The van der Waals surface area contributed by atoms with Crippen LogP contribution in [-0.4, -0.2) is 23.9 Å². The fraction of sp³-hybridized carbons (Fsp3) is 0.600. The van der Waals surface area contributed by atoms with Crippen molar-refractivity contribution in [1.29, 1.82) is 0 Å². The van der Waals surface area contributed by atoms with Crippen molar-refractivity contribution in [2.75, 3.05) is 0 Å². The molecule has 0 aromatic rings. The minimum atomic E-state index is -1.08. The molecule has 0 aromatic heterocycles. The van der Waals surface area contributed by atoms with Gasteiger partial charge >= 0.3 is 36.5 Å². The van der Waals surface area contributed by atoms with Gasteiger partial charge in [0, 0.05) is 23.9 Å². The van der Waals surface area contributed by atoms with Gasteiger partial charge in [0.2, 0.25) is 0 Å². The van der Waals surface area contributed by atoms with E-state index in [4.69, 9.17) is 19.8 Å². The second-order valence-electron chi connectivity index (χ2n) is 2.43. The zero-order chi connectivity index (χ0) is 15.7. The fourth-order valence-electron chi connectivity index (χ4n) is 0. The van der Waals surface area contributed by atoms with E-state index in [1.54, 1.807) is 0 Å². The van der Waals surface area contributed by atoms with E-state index in [2.05, 4.69) is 0 Å². The molecule has 0 unspecified atom stereocenters. The Morgan fingerprint density at radius 2 is 0.750 bits per heavy atom. The Bertz CT molecular complexity index is 224. The Hall–Kier alpha value is -0.977. The molecule has 0 N–H and O–H groups in total. The van der Waals surface area contributed by atoms with Crippen molar-refractivity contribution in [1.82, 2.24) is 0 Å². The largest absolute Gasteiger partial charge is 2.00 e. The second kappa shape index (κ2) is 30.8. The molecule has 10 heteroatoms. The summed E-state index contributed by atoms with van der Waals surface area (Å²) < 4.78 is 0. The summed E-state index contributed by atoms with van der Waals surface area (Å²) in [6, 6.07) is 0. The molecular weight excluding hydrogens is 369 g/mol. The third kappa shape index (κ3) is 478. The second-order valence-corrected chi connectivity index (χ2v) is 2.43. The predicted molar refractivity (Wildman–Crippen MR) is 52.0 cm³/mol. The van der Waals surface area contributed by atoms with Gasteiger partial charge in [0.05, 0.1) is 0 Å². The smallest absolute Gasteiger partial charge is 0.550 e. The van der Waals surface area contributed by atoms with Crippen LogP contribution < -0.4 is 20.4 Å². The van der Waals surface area contributed by atoms with Gasteiger partial charge in [-0.05, 0) is 26.7 Å². The first-order chi connectivity index (χ1) is 8.00. The van der Waals surface area contributed by atoms with E-state index in [0.29, 0.717) is 0 Å². The summed E-state index contributed by atoms with van der Waals surface area (Å²) in [7, 11) is 0. The number of rotatable bonds is 2. The van der Waals surface area contributed by atoms with Gasteiger partial charge in [0.15, 0.2) is 0 Å². The van der Waals surface area contributed by atoms with Crippen LogP contribution in [0.3, 0.4) is 0 Å². The van der Waals surface area contributed by atoms with Crippen molar-refractivity contribution in [2.45, 2.75) is 40.5 Å². The van der Waals surface area contributed by atoms with Crippen molar-refractivity contribution < 1.29 is 76.2 Å². The van der Waals surface area contributed by atoms with Crippen LogP contribution in [0.15, 0.2) is 0 Å². The summed E-state index contributed by atoms with van der Waals surface area (Å²) >= 11 is 0. The van der Waals surface area contributed by atoms with E-state index in [1.807, 2.05) is 0 Å². The van der Waals surface area contributed by atoms with Gasteiger partial charge < -0.3 is 39.6 Å². The Morgan fingerprint density at radius 3 is 0.750 bits per heavy atom. The number of carboxylic acids is 4. The molecule has 0 aliphatic rings. The number of hydrogen-bond donors (Lipinski definition) is 0. The first-order valence-electron chi connectivity index (χ1n) is 4.75. The number of carboxylic acid groups (broad SMARTS) is 4. The first-order valence-corrected chi connectivity index (χ1v) is 4.75. The Balaban J connectivity index is -0.0000000318. The number of carbonyl (C=O) groups excluding carboxylic acids is 4. The van der Waals surface area contributed by atoms with Crippen LogP contribution in [-0.2, 0) is 55.7 Å². The average Bonchev–Trinajstić information content (AvgIpc) is 2.16. The van der Waals surface area contributed by atoms with Gasteiger partial charge in [0.25, 0.3) is 0 Å². The van der Waals surface area contributed by atoms with E-state index in [-0.39, 0.29) is 49.4 Å². The molecule has 0 rings (SSSR count). The molecule has 0 aliphatic carbocycles. The maximum absolute atomic E-state index is 9.26. The Labute approximate surface area is 140 Å². The molecule has 0 amide bonds. The van der Waals surface area contributed by atoms with Crippen LogP contribution in [0.25, 0.3) is 0 Å². The van der Waals surface area contributed by atoms with Crippen LogP contribution in [0.2, 0.25) is 0 Å².